The predicted molar refractivity (Wildman–Crippen MR) is 191 cm³/mol. The zero-order valence-electron chi connectivity index (χ0n) is 28.0. The molecule has 0 aliphatic heterocycles. The Labute approximate surface area is 283 Å². The Morgan fingerprint density at radius 2 is 1.57 bits per heavy atom. The van der Waals surface area contributed by atoms with E-state index in [-0.39, 0.29) is 37.1 Å². The monoisotopic (exact) mass is 847 g/mol. The minimum atomic E-state index is -1.97. The van der Waals surface area contributed by atoms with Crippen LogP contribution in [0.4, 0.5) is 0 Å². The van der Waals surface area contributed by atoms with Gasteiger partial charge in [-0.05, 0) is 0 Å². The Morgan fingerprint density at radius 3 is 2.16 bits per heavy atom. The first-order chi connectivity index (χ1) is 19.9. The maximum Gasteiger partial charge on any atom is 0 e. The van der Waals surface area contributed by atoms with E-state index in [1.807, 2.05) is 59.1 Å². The molecule has 0 unspecified atom stereocenters. The van der Waals surface area contributed by atoms with Gasteiger partial charge in [-0.25, -0.2) is 0 Å². The molecule has 0 aliphatic carbocycles. The van der Waals surface area contributed by atoms with Crippen molar-refractivity contribution in [3.63, 3.8) is 0 Å². The Morgan fingerprint density at radius 1 is 0.932 bits per heavy atom. The maximum absolute atomic E-state index is 11.5. The summed E-state index contributed by atoms with van der Waals surface area (Å²) < 4.78 is 4.37. The first kappa shape index (κ1) is 36.2. The largest absolute Gasteiger partial charge is 0 e. The Bertz CT molecular complexity index is 1830. The van der Waals surface area contributed by atoms with Gasteiger partial charge in [-0.15, -0.1) is 0 Å². The second-order valence-electron chi connectivity index (χ2n) is 14.8. The zero-order chi connectivity index (χ0) is 31.9. The molecular formula is C38H46GeIrNO2S-. The number of fused-ring (bicyclic) bond motifs is 4. The molecule has 5 aromatic rings. The number of thiophene rings is 1. The number of aliphatic hydroxyl groups excluding tert-OH is 1. The second-order valence-corrected chi connectivity index (χ2v) is 26.4. The van der Waals surface area contributed by atoms with Crippen molar-refractivity contribution in [3.05, 3.63) is 84.3 Å². The van der Waals surface area contributed by atoms with E-state index in [1.165, 1.54) is 42.6 Å². The van der Waals surface area contributed by atoms with Gasteiger partial charge in [0.2, 0.25) is 0 Å². The maximum atomic E-state index is 11.5. The van der Waals surface area contributed by atoms with Crippen molar-refractivity contribution < 1.29 is 30.0 Å². The number of carbonyl (C=O) groups excluding carboxylic acids is 1. The molecule has 0 atom stereocenters. The van der Waals surface area contributed by atoms with E-state index in [4.69, 9.17) is 4.98 Å². The van der Waals surface area contributed by atoms with E-state index in [9.17, 15) is 9.90 Å². The van der Waals surface area contributed by atoms with Gasteiger partial charge in [0.05, 0.1) is 0 Å². The standard InChI is InChI=1S/C27H26GeNS.C11H20O2.Ir/c1-17(2)22-16-19(15-18-9-6-7-10-20(18)22)26-25-21-11-8-12-23(28(3,4)5)27(21)30-24(25)13-14-29-26;1-10(2,3)8(12)7-9(13)11(4,5)6;/h6-14,16-17H,1-5H3;7,12H,1-6H3;/q-1;;/b;8-7-;. The van der Waals surface area contributed by atoms with Crippen LogP contribution in [0.3, 0.4) is 0 Å². The first-order valence-corrected chi connectivity index (χ1v) is 23.3. The van der Waals surface area contributed by atoms with Crippen LogP contribution in [0.1, 0.15) is 66.9 Å². The molecule has 0 spiro atoms. The summed E-state index contributed by atoms with van der Waals surface area (Å²) in [6.45, 7) is 15.6. The van der Waals surface area contributed by atoms with Gasteiger partial charge in [0, 0.05) is 37.0 Å². The normalized spacial score (nSPS) is 12.8. The molecular weight excluding hydrogens is 799 g/mol. The fourth-order valence-corrected chi connectivity index (χ4v) is 10.9. The van der Waals surface area contributed by atoms with Crippen LogP contribution in [-0.4, -0.2) is 29.1 Å². The third-order valence-corrected chi connectivity index (χ3v) is 13.5. The molecule has 3 aromatic carbocycles. The van der Waals surface area contributed by atoms with E-state index < -0.39 is 18.7 Å². The summed E-state index contributed by atoms with van der Waals surface area (Å²) in [4.78, 5) is 16.4. The molecule has 2 aromatic heterocycles. The molecule has 0 saturated heterocycles. The molecule has 1 radical (unpaired) electrons. The summed E-state index contributed by atoms with van der Waals surface area (Å²) in [5.41, 5.74) is 2.76. The van der Waals surface area contributed by atoms with E-state index in [0.717, 1.165) is 11.3 Å². The summed E-state index contributed by atoms with van der Waals surface area (Å²) in [6, 6.07) is 23.6. The van der Waals surface area contributed by atoms with Gasteiger partial charge in [0.25, 0.3) is 0 Å². The summed E-state index contributed by atoms with van der Waals surface area (Å²) in [5, 5.41) is 14.7. The molecule has 1 N–H and O–H groups in total. The number of hydrogen-bond acceptors (Lipinski definition) is 4. The van der Waals surface area contributed by atoms with Gasteiger partial charge in [-0.1, -0.05) is 41.5 Å². The zero-order valence-corrected chi connectivity index (χ0v) is 33.3. The van der Waals surface area contributed by atoms with Gasteiger partial charge >= 0.3 is 186 Å². The number of aromatic nitrogens is 1. The topological polar surface area (TPSA) is 50.2 Å². The average molecular weight is 846 g/mol. The van der Waals surface area contributed by atoms with Gasteiger partial charge in [-0.2, -0.15) is 0 Å². The van der Waals surface area contributed by atoms with Crippen LogP contribution in [0.5, 0.6) is 0 Å². The van der Waals surface area contributed by atoms with Crippen molar-refractivity contribution in [2.45, 2.75) is 78.6 Å². The van der Waals surface area contributed by atoms with Crippen LogP contribution in [-0.2, 0) is 24.9 Å². The second kappa shape index (κ2) is 13.6. The summed E-state index contributed by atoms with van der Waals surface area (Å²) >= 11 is -0.0432. The number of allylic oxidation sites excluding steroid dienone is 2. The van der Waals surface area contributed by atoms with E-state index in [0.29, 0.717) is 5.92 Å². The summed E-state index contributed by atoms with van der Waals surface area (Å²) in [6.07, 6.45) is 3.29. The smallest absolute Gasteiger partial charge is 0 e. The number of carbonyl (C=O) groups is 1. The summed E-state index contributed by atoms with van der Waals surface area (Å²) in [5.74, 6) is 7.98. The summed E-state index contributed by atoms with van der Waals surface area (Å²) in [7, 11) is 0. The molecule has 6 heteroatoms. The minimum Gasteiger partial charge on any atom is 0 e. The molecule has 5 rings (SSSR count). The number of ketones is 1. The van der Waals surface area contributed by atoms with Gasteiger partial charge in [0.1, 0.15) is 5.76 Å². The van der Waals surface area contributed by atoms with E-state index in [2.05, 4.69) is 91.8 Å². The van der Waals surface area contributed by atoms with E-state index >= 15 is 0 Å². The molecule has 0 fully saturated rings. The Kier molecular flexibility index (Phi) is 11.2. The van der Waals surface area contributed by atoms with Crippen molar-refractivity contribution in [2.24, 2.45) is 10.8 Å². The van der Waals surface area contributed by atoms with Crippen LogP contribution >= 0.6 is 11.3 Å². The quantitative estimate of drug-likeness (QED) is 0.0849. The Hall–Kier alpha value is -2.31. The van der Waals surface area contributed by atoms with Crippen LogP contribution in [0.15, 0.2) is 72.6 Å². The third kappa shape index (κ3) is 7.91. The molecule has 3 nitrogen and oxygen atoms in total. The minimum absolute atomic E-state index is 0. The third-order valence-electron chi connectivity index (χ3n) is 7.68. The van der Waals surface area contributed by atoms with Crippen molar-refractivity contribution >= 4 is 65.7 Å². The van der Waals surface area contributed by atoms with E-state index in [1.54, 1.807) is 4.40 Å². The fraction of sp³-hybridized carbons (Fsp3) is 0.368. The van der Waals surface area contributed by atoms with Crippen molar-refractivity contribution in [1.82, 2.24) is 4.98 Å². The number of pyridine rings is 1. The average Bonchev–Trinajstić information content (AvgIpc) is 3.30. The number of hydrogen-bond donors (Lipinski definition) is 1. The Balaban J connectivity index is 0.000000324. The van der Waals surface area contributed by atoms with Crippen LogP contribution in [0, 0.1) is 16.9 Å². The SMILES string of the molecule is CC(C)(C)C(=O)/C=C(\O)C(C)(C)C.CC(C)c1cc(-c2nccc3sc4[c]([Ge]([CH3])([CH3])[CH3])cccc4c23)[c-]c2ccccc12.[Ir]. The van der Waals surface area contributed by atoms with Crippen molar-refractivity contribution in [2.75, 3.05) is 0 Å². The fourth-order valence-electron chi connectivity index (χ4n) is 4.96. The van der Waals surface area contributed by atoms with Crippen LogP contribution in [0.25, 0.3) is 42.2 Å². The van der Waals surface area contributed by atoms with Crippen LogP contribution in [0.2, 0.25) is 17.3 Å². The molecule has 0 bridgehead atoms. The molecule has 0 saturated carbocycles. The molecule has 0 amide bonds. The molecule has 2 heterocycles. The number of aliphatic hydroxyl groups is 1. The van der Waals surface area contributed by atoms with Crippen LogP contribution < -0.4 is 4.40 Å². The van der Waals surface area contributed by atoms with Gasteiger partial charge in [-0.3, -0.25) is 4.79 Å². The molecule has 0 aliphatic rings. The predicted octanol–water partition coefficient (Wildman–Crippen LogP) is 10.8. The first-order valence-electron chi connectivity index (χ1n) is 15.1. The molecule has 235 valence electrons. The van der Waals surface area contributed by atoms with Crippen molar-refractivity contribution in [1.29, 1.82) is 0 Å². The molecule has 44 heavy (non-hydrogen) atoms. The van der Waals surface area contributed by atoms with Gasteiger partial charge < -0.3 is 5.11 Å². The van der Waals surface area contributed by atoms with Gasteiger partial charge in [0.15, 0.2) is 5.78 Å². The number of nitrogens with zero attached hydrogens (tertiary/aromatic N) is 1. The number of rotatable bonds is 4. The number of benzene rings is 3. The van der Waals surface area contributed by atoms with Crippen molar-refractivity contribution in [3.8, 4) is 11.3 Å².